The van der Waals surface area contributed by atoms with Gasteiger partial charge in [0.1, 0.15) is 17.8 Å². The van der Waals surface area contributed by atoms with Gasteiger partial charge in [-0.3, -0.25) is 4.79 Å². The first-order valence-corrected chi connectivity index (χ1v) is 9.04. The van der Waals surface area contributed by atoms with E-state index in [1.807, 2.05) is 30.3 Å². The summed E-state index contributed by atoms with van der Waals surface area (Å²) in [5.74, 6) is 0.818. The predicted octanol–water partition coefficient (Wildman–Crippen LogP) is 4.77. The second-order valence-electron chi connectivity index (χ2n) is 6.86. The molecule has 0 bridgehead atoms. The van der Waals surface area contributed by atoms with E-state index in [-0.39, 0.29) is 5.91 Å². The SMILES string of the molecule is Cc1cccc(CNc2cc(C(=O)Nc3ccc(C(C)C)cc3)ncn2)c1. The maximum Gasteiger partial charge on any atom is 0.274 e. The molecule has 0 fully saturated rings. The van der Waals surface area contributed by atoms with Gasteiger partial charge in [-0.15, -0.1) is 0 Å². The Morgan fingerprint density at radius 1 is 1.04 bits per heavy atom. The molecule has 0 atom stereocenters. The van der Waals surface area contributed by atoms with Gasteiger partial charge in [-0.25, -0.2) is 9.97 Å². The molecular formula is C22H24N4O. The van der Waals surface area contributed by atoms with Crippen molar-refractivity contribution in [3.05, 3.63) is 83.3 Å². The van der Waals surface area contributed by atoms with Crippen LogP contribution in [0.25, 0.3) is 0 Å². The fourth-order valence-corrected chi connectivity index (χ4v) is 2.74. The van der Waals surface area contributed by atoms with E-state index in [0.717, 1.165) is 11.3 Å². The van der Waals surface area contributed by atoms with Crippen LogP contribution in [0.4, 0.5) is 11.5 Å². The Labute approximate surface area is 159 Å². The lowest BCUT2D eigenvalue weighted by atomic mass is 10.0. The number of carbonyl (C=O) groups excluding carboxylic acids is 1. The fraction of sp³-hybridized carbons (Fsp3) is 0.227. The number of nitrogens with zero attached hydrogens (tertiary/aromatic N) is 2. The Bertz CT molecular complexity index is 920. The minimum Gasteiger partial charge on any atom is -0.366 e. The van der Waals surface area contributed by atoms with Crippen molar-refractivity contribution < 1.29 is 4.79 Å². The average molecular weight is 360 g/mol. The molecule has 5 nitrogen and oxygen atoms in total. The third-order valence-electron chi connectivity index (χ3n) is 4.29. The first-order chi connectivity index (χ1) is 13.0. The lowest BCUT2D eigenvalue weighted by Gasteiger charge is -2.09. The Balaban J connectivity index is 1.64. The Morgan fingerprint density at radius 2 is 1.81 bits per heavy atom. The van der Waals surface area contributed by atoms with Crippen LogP contribution < -0.4 is 10.6 Å². The summed E-state index contributed by atoms with van der Waals surface area (Å²) in [6, 6.07) is 17.8. The monoisotopic (exact) mass is 360 g/mol. The van der Waals surface area contributed by atoms with E-state index < -0.39 is 0 Å². The summed E-state index contributed by atoms with van der Waals surface area (Å²) in [4.78, 5) is 20.8. The van der Waals surface area contributed by atoms with Gasteiger partial charge in [-0.2, -0.15) is 0 Å². The van der Waals surface area contributed by atoms with Crippen LogP contribution in [0.1, 0.15) is 46.9 Å². The summed E-state index contributed by atoms with van der Waals surface area (Å²) >= 11 is 0. The third kappa shape index (κ3) is 5.14. The molecule has 0 aliphatic heterocycles. The molecule has 3 aromatic rings. The van der Waals surface area contributed by atoms with Crippen LogP contribution in [0.5, 0.6) is 0 Å². The first kappa shape index (κ1) is 18.6. The number of rotatable bonds is 6. The highest BCUT2D eigenvalue weighted by Crippen LogP contribution is 2.18. The molecule has 1 heterocycles. The van der Waals surface area contributed by atoms with Gasteiger partial charge in [-0.1, -0.05) is 55.8 Å². The van der Waals surface area contributed by atoms with Crippen molar-refractivity contribution in [2.24, 2.45) is 0 Å². The lowest BCUT2D eigenvalue weighted by Crippen LogP contribution is -2.14. The molecule has 3 rings (SSSR count). The molecule has 0 aliphatic rings. The van der Waals surface area contributed by atoms with Gasteiger partial charge in [-0.05, 0) is 36.1 Å². The van der Waals surface area contributed by atoms with Gasteiger partial charge >= 0.3 is 0 Å². The van der Waals surface area contributed by atoms with E-state index in [1.54, 1.807) is 6.07 Å². The van der Waals surface area contributed by atoms with E-state index in [1.165, 1.54) is 17.5 Å². The number of benzene rings is 2. The minimum atomic E-state index is -0.256. The van der Waals surface area contributed by atoms with Gasteiger partial charge in [0, 0.05) is 18.3 Å². The standard InChI is InChI=1S/C22H24N4O/c1-15(2)18-7-9-19(10-8-18)26-22(27)20-12-21(25-14-24-20)23-13-17-6-4-5-16(3)11-17/h4-12,14-15H,13H2,1-3H3,(H,26,27)(H,23,24,25). The molecule has 2 aromatic carbocycles. The number of amides is 1. The quantitative estimate of drug-likeness (QED) is 0.664. The Hall–Kier alpha value is -3.21. The molecule has 0 radical (unpaired) electrons. The number of hydrogen-bond donors (Lipinski definition) is 2. The molecular weight excluding hydrogens is 336 g/mol. The Morgan fingerprint density at radius 3 is 2.52 bits per heavy atom. The molecule has 0 spiro atoms. The van der Waals surface area contributed by atoms with Crippen molar-refractivity contribution >= 4 is 17.4 Å². The maximum atomic E-state index is 12.5. The molecule has 0 unspecified atom stereocenters. The molecule has 0 saturated heterocycles. The highest BCUT2D eigenvalue weighted by Gasteiger charge is 2.10. The summed E-state index contributed by atoms with van der Waals surface area (Å²) < 4.78 is 0. The minimum absolute atomic E-state index is 0.256. The highest BCUT2D eigenvalue weighted by molar-refractivity contribution is 6.03. The maximum absolute atomic E-state index is 12.5. The normalized spacial score (nSPS) is 10.7. The largest absolute Gasteiger partial charge is 0.366 e. The van der Waals surface area contributed by atoms with Crippen LogP contribution in [0.2, 0.25) is 0 Å². The van der Waals surface area contributed by atoms with Crippen molar-refractivity contribution in [3.8, 4) is 0 Å². The summed E-state index contributed by atoms with van der Waals surface area (Å²) in [5, 5.41) is 6.11. The Kier molecular flexibility index (Phi) is 5.81. The van der Waals surface area contributed by atoms with Crippen LogP contribution in [0, 0.1) is 6.92 Å². The zero-order valence-electron chi connectivity index (χ0n) is 15.9. The van der Waals surface area contributed by atoms with E-state index in [4.69, 9.17) is 0 Å². The highest BCUT2D eigenvalue weighted by atomic mass is 16.1. The van der Waals surface area contributed by atoms with E-state index in [2.05, 4.69) is 59.6 Å². The smallest absolute Gasteiger partial charge is 0.274 e. The summed E-state index contributed by atoms with van der Waals surface area (Å²) in [6.07, 6.45) is 1.40. The predicted molar refractivity (Wildman–Crippen MR) is 109 cm³/mol. The summed E-state index contributed by atoms with van der Waals surface area (Å²) in [6.45, 7) is 6.97. The van der Waals surface area contributed by atoms with Crippen LogP contribution in [-0.2, 0) is 6.54 Å². The molecule has 5 heteroatoms. The molecule has 138 valence electrons. The topological polar surface area (TPSA) is 66.9 Å². The number of anilines is 2. The van der Waals surface area contributed by atoms with Gasteiger partial charge in [0.05, 0.1) is 0 Å². The van der Waals surface area contributed by atoms with Crippen molar-refractivity contribution in [2.45, 2.75) is 33.2 Å². The number of hydrogen-bond acceptors (Lipinski definition) is 4. The number of aryl methyl sites for hydroxylation is 1. The second kappa shape index (κ2) is 8.45. The molecule has 0 saturated carbocycles. The van der Waals surface area contributed by atoms with Crippen LogP contribution in [0.15, 0.2) is 60.9 Å². The molecule has 2 N–H and O–H groups in total. The second-order valence-corrected chi connectivity index (χ2v) is 6.86. The van der Waals surface area contributed by atoms with Crippen molar-refractivity contribution in [3.63, 3.8) is 0 Å². The first-order valence-electron chi connectivity index (χ1n) is 9.04. The van der Waals surface area contributed by atoms with Crippen LogP contribution in [0.3, 0.4) is 0 Å². The fourth-order valence-electron chi connectivity index (χ4n) is 2.74. The number of aromatic nitrogens is 2. The molecule has 0 aliphatic carbocycles. The van der Waals surface area contributed by atoms with E-state index in [0.29, 0.717) is 24.0 Å². The molecule has 1 amide bonds. The average Bonchev–Trinajstić information content (AvgIpc) is 2.67. The van der Waals surface area contributed by atoms with Crippen LogP contribution in [-0.4, -0.2) is 15.9 Å². The van der Waals surface area contributed by atoms with Gasteiger partial charge < -0.3 is 10.6 Å². The van der Waals surface area contributed by atoms with Crippen LogP contribution >= 0.6 is 0 Å². The van der Waals surface area contributed by atoms with Gasteiger partial charge in [0.2, 0.25) is 0 Å². The summed E-state index contributed by atoms with van der Waals surface area (Å²) in [7, 11) is 0. The number of carbonyl (C=O) groups is 1. The molecule has 27 heavy (non-hydrogen) atoms. The lowest BCUT2D eigenvalue weighted by molar-refractivity contribution is 0.102. The number of nitrogens with one attached hydrogen (secondary N) is 2. The zero-order chi connectivity index (χ0) is 19.2. The zero-order valence-corrected chi connectivity index (χ0v) is 15.9. The van der Waals surface area contributed by atoms with E-state index >= 15 is 0 Å². The van der Waals surface area contributed by atoms with Crippen molar-refractivity contribution in [1.29, 1.82) is 0 Å². The molecule has 1 aromatic heterocycles. The van der Waals surface area contributed by atoms with Crippen molar-refractivity contribution in [1.82, 2.24) is 9.97 Å². The van der Waals surface area contributed by atoms with Gasteiger partial charge in [0.25, 0.3) is 5.91 Å². The third-order valence-corrected chi connectivity index (χ3v) is 4.29. The van der Waals surface area contributed by atoms with Gasteiger partial charge in [0.15, 0.2) is 0 Å². The van der Waals surface area contributed by atoms with Crippen molar-refractivity contribution in [2.75, 3.05) is 10.6 Å². The summed E-state index contributed by atoms with van der Waals surface area (Å²) in [5.41, 5.74) is 4.67. The van der Waals surface area contributed by atoms with E-state index in [9.17, 15) is 4.79 Å².